The quantitative estimate of drug-likeness (QED) is 0.883. The number of hydrogen-bond acceptors (Lipinski definition) is 3. The molecule has 0 aromatic carbocycles. The Kier molecular flexibility index (Phi) is 3.05. The number of carboxylic acids is 1. The molecule has 0 aliphatic heterocycles. The van der Waals surface area contributed by atoms with Crippen molar-refractivity contribution in [2.75, 3.05) is 0 Å². The van der Waals surface area contributed by atoms with Crippen LogP contribution in [0.25, 0.3) is 0 Å². The number of aryl methyl sites for hydroxylation is 2. The molecule has 0 aliphatic rings. The van der Waals surface area contributed by atoms with E-state index in [0.29, 0.717) is 6.42 Å². The van der Waals surface area contributed by atoms with Crippen molar-refractivity contribution in [1.29, 1.82) is 0 Å². The predicted molar refractivity (Wildman–Crippen MR) is 61.9 cm³/mol. The van der Waals surface area contributed by atoms with Crippen molar-refractivity contribution in [2.45, 2.75) is 12.8 Å². The van der Waals surface area contributed by atoms with E-state index in [4.69, 9.17) is 5.11 Å². The van der Waals surface area contributed by atoms with Crippen LogP contribution in [0.3, 0.4) is 0 Å². The number of aromatic carboxylic acids is 1. The van der Waals surface area contributed by atoms with Gasteiger partial charge < -0.3 is 9.67 Å². The summed E-state index contributed by atoms with van der Waals surface area (Å²) in [6.45, 7) is 0. The van der Waals surface area contributed by atoms with Gasteiger partial charge in [0.15, 0.2) is 5.69 Å². The fourth-order valence-electron chi connectivity index (χ4n) is 1.63. The zero-order chi connectivity index (χ0) is 11.5. The van der Waals surface area contributed by atoms with Crippen molar-refractivity contribution >= 4 is 17.3 Å². The molecule has 16 heavy (non-hydrogen) atoms. The molecular weight excluding hydrogens is 224 g/mol. The summed E-state index contributed by atoms with van der Waals surface area (Å²) in [5, 5.41) is 11.0. The van der Waals surface area contributed by atoms with E-state index in [9.17, 15) is 4.79 Å². The largest absolute Gasteiger partial charge is 0.476 e. The average molecular weight is 236 g/mol. The summed E-state index contributed by atoms with van der Waals surface area (Å²) < 4.78 is 1.77. The van der Waals surface area contributed by atoms with Gasteiger partial charge in [0, 0.05) is 11.9 Å². The first-order valence-corrected chi connectivity index (χ1v) is 5.82. The second-order valence-electron chi connectivity index (χ2n) is 3.54. The Labute approximate surface area is 97.2 Å². The second-order valence-corrected chi connectivity index (χ2v) is 4.57. The SMILES string of the molecule is Cn1cnc(C(=O)O)c1CCc1cccs1. The predicted octanol–water partition coefficient (Wildman–Crippen LogP) is 1.97. The summed E-state index contributed by atoms with van der Waals surface area (Å²) in [7, 11) is 1.82. The van der Waals surface area contributed by atoms with E-state index in [1.165, 1.54) is 4.88 Å². The third-order valence-electron chi connectivity index (χ3n) is 2.45. The first-order valence-electron chi connectivity index (χ1n) is 4.94. The summed E-state index contributed by atoms with van der Waals surface area (Å²) in [6.07, 6.45) is 3.11. The third kappa shape index (κ3) is 2.14. The normalized spacial score (nSPS) is 10.6. The number of nitrogens with zero attached hydrogens (tertiary/aromatic N) is 2. The minimum absolute atomic E-state index is 0.166. The Hall–Kier alpha value is -1.62. The van der Waals surface area contributed by atoms with Gasteiger partial charge in [0.25, 0.3) is 0 Å². The van der Waals surface area contributed by atoms with Crippen LogP contribution in [0, 0.1) is 0 Å². The molecule has 0 amide bonds. The molecule has 0 radical (unpaired) electrons. The lowest BCUT2D eigenvalue weighted by Gasteiger charge is -2.02. The highest BCUT2D eigenvalue weighted by Gasteiger charge is 2.15. The van der Waals surface area contributed by atoms with Crippen LogP contribution in [-0.2, 0) is 19.9 Å². The van der Waals surface area contributed by atoms with Gasteiger partial charge in [0.05, 0.1) is 12.0 Å². The van der Waals surface area contributed by atoms with Gasteiger partial charge in [0.1, 0.15) is 0 Å². The van der Waals surface area contributed by atoms with Crippen molar-refractivity contribution in [2.24, 2.45) is 7.05 Å². The minimum Gasteiger partial charge on any atom is -0.476 e. The highest BCUT2D eigenvalue weighted by molar-refractivity contribution is 7.09. The molecule has 2 aromatic rings. The monoisotopic (exact) mass is 236 g/mol. The number of aromatic nitrogens is 2. The van der Waals surface area contributed by atoms with Crippen molar-refractivity contribution < 1.29 is 9.90 Å². The molecule has 0 bridgehead atoms. The number of imidazole rings is 1. The maximum Gasteiger partial charge on any atom is 0.356 e. The van der Waals surface area contributed by atoms with Crippen molar-refractivity contribution in [3.63, 3.8) is 0 Å². The van der Waals surface area contributed by atoms with E-state index in [1.807, 2.05) is 18.5 Å². The van der Waals surface area contributed by atoms with Crippen LogP contribution in [0.2, 0.25) is 0 Å². The van der Waals surface area contributed by atoms with Crippen LogP contribution in [0.5, 0.6) is 0 Å². The number of rotatable bonds is 4. The summed E-state index contributed by atoms with van der Waals surface area (Å²) in [4.78, 5) is 16.1. The zero-order valence-electron chi connectivity index (χ0n) is 8.88. The van der Waals surface area contributed by atoms with Crippen molar-refractivity contribution in [3.05, 3.63) is 40.1 Å². The highest BCUT2D eigenvalue weighted by Crippen LogP contribution is 2.14. The van der Waals surface area contributed by atoms with E-state index in [0.717, 1.165) is 12.1 Å². The van der Waals surface area contributed by atoms with Gasteiger partial charge in [-0.2, -0.15) is 0 Å². The van der Waals surface area contributed by atoms with E-state index in [2.05, 4.69) is 11.1 Å². The number of hydrogen-bond donors (Lipinski definition) is 1. The molecule has 2 rings (SSSR count). The highest BCUT2D eigenvalue weighted by atomic mass is 32.1. The van der Waals surface area contributed by atoms with E-state index in [1.54, 1.807) is 22.2 Å². The number of carboxylic acid groups (broad SMARTS) is 1. The van der Waals surface area contributed by atoms with Gasteiger partial charge >= 0.3 is 5.97 Å². The average Bonchev–Trinajstić information content (AvgIpc) is 2.84. The van der Waals surface area contributed by atoms with Gasteiger partial charge in [-0.25, -0.2) is 9.78 Å². The maximum absolute atomic E-state index is 10.9. The lowest BCUT2D eigenvalue weighted by molar-refractivity contribution is 0.0689. The van der Waals surface area contributed by atoms with Crippen LogP contribution in [0.15, 0.2) is 23.8 Å². The van der Waals surface area contributed by atoms with Gasteiger partial charge in [-0.15, -0.1) is 11.3 Å². The molecule has 0 saturated heterocycles. The molecule has 0 atom stereocenters. The number of carbonyl (C=O) groups is 1. The molecule has 0 saturated carbocycles. The third-order valence-corrected chi connectivity index (χ3v) is 3.39. The van der Waals surface area contributed by atoms with Crippen LogP contribution in [0.1, 0.15) is 21.1 Å². The Morgan fingerprint density at radius 1 is 1.56 bits per heavy atom. The summed E-state index contributed by atoms with van der Waals surface area (Å²) in [5.41, 5.74) is 0.944. The molecule has 0 aliphatic carbocycles. The molecule has 5 heteroatoms. The van der Waals surface area contributed by atoms with Gasteiger partial charge in [-0.1, -0.05) is 6.07 Å². The lowest BCUT2D eigenvalue weighted by Crippen LogP contribution is -2.06. The van der Waals surface area contributed by atoms with Crippen LogP contribution in [0.4, 0.5) is 0 Å². The van der Waals surface area contributed by atoms with Gasteiger partial charge in [-0.05, 0) is 24.3 Å². The smallest absolute Gasteiger partial charge is 0.356 e. The molecule has 1 N–H and O–H groups in total. The Morgan fingerprint density at radius 2 is 2.38 bits per heavy atom. The Balaban J connectivity index is 2.14. The second kappa shape index (κ2) is 4.49. The van der Waals surface area contributed by atoms with Gasteiger partial charge in [-0.3, -0.25) is 0 Å². The first kappa shape index (κ1) is 10.9. The minimum atomic E-state index is -0.957. The fourth-order valence-corrected chi connectivity index (χ4v) is 2.33. The molecule has 0 spiro atoms. The molecule has 2 aromatic heterocycles. The molecule has 4 nitrogen and oxygen atoms in total. The molecule has 0 fully saturated rings. The topological polar surface area (TPSA) is 55.1 Å². The van der Waals surface area contributed by atoms with Crippen molar-refractivity contribution in [3.8, 4) is 0 Å². The standard InChI is InChI=1S/C11H12N2O2S/c1-13-7-12-10(11(14)15)9(13)5-4-8-3-2-6-16-8/h2-3,6-7H,4-5H2,1H3,(H,14,15). The summed E-state index contributed by atoms with van der Waals surface area (Å²) in [6, 6.07) is 4.06. The van der Waals surface area contributed by atoms with E-state index in [-0.39, 0.29) is 5.69 Å². The van der Waals surface area contributed by atoms with E-state index < -0.39 is 5.97 Å². The molecule has 84 valence electrons. The maximum atomic E-state index is 10.9. The fraction of sp³-hybridized carbons (Fsp3) is 0.273. The Morgan fingerprint density at radius 3 is 3.00 bits per heavy atom. The van der Waals surface area contributed by atoms with Crippen LogP contribution in [-0.4, -0.2) is 20.6 Å². The Bertz CT molecular complexity index is 488. The summed E-state index contributed by atoms with van der Waals surface area (Å²) >= 11 is 1.69. The first-order chi connectivity index (χ1) is 7.68. The molecule has 2 heterocycles. The summed E-state index contributed by atoms with van der Waals surface area (Å²) in [5.74, 6) is -0.957. The van der Waals surface area contributed by atoms with E-state index >= 15 is 0 Å². The lowest BCUT2D eigenvalue weighted by atomic mass is 10.2. The number of thiophene rings is 1. The van der Waals surface area contributed by atoms with Crippen molar-refractivity contribution in [1.82, 2.24) is 9.55 Å². The van der Waals surface area contributed by atoms with Gasteiger partial charge in [0.2, 0.25) is 0 Å². The van der Waals surface area contributed by atoms with Crippen LogP contribution < -0.4 is 0 Å². The zero-order valence-corrected chi connectivity index (χ0v) is 9.70. The van der Waals surface area contributed by atoms with Crippen LogP contribution >= 0.6 is 11.3 Å². The molecular formula is C11H12N2O2S. The molecule has 0 unspecified atom stereocenters.